The molecule has 1 aliphatic rings. The number of hydrogen-bond donors (Lipinski definition) is 3. The van der Waals surface area contributed by atoms with Crippen LogP contribution in [-0.4, -0.2) is 29.4 Å². The van der Waals surface area contributed by atoms with E-state index in [1.165, 1.54) is 25.7 Å². The summed E-state index contributed by atoms with van der Waals surface area (Å²) >= 11 is 0. The lowest BCUT2D eigenvalue weighted by Gasteiger charge is -2.18. The van der Waals surface area contributed by atoms with E-state index in [9.17, 15) is 19.5 Å². The number of amides is 2. The number of carboxylic acids is 1. The van der Waals surface area contributed by atoms with Crippen LogP contribution in [0.5, 0.6) is 0 Å². The van der Waals surface area contributed by atoms with Crippen LogP contribution in [0.3, 0.4) is 0 Å². The van der Waals surface area contributed by atoms with Crippen molar-refractivity contribution in [2.24, 2.45) is 5.92 Å². The number of carbonyl (C=O) groups is 3. The highest BCUT2D eigenvalue weighted by atomic mass is 16.4. The quantitative estimate of drug-likeness (QED) is 0.664. The van der Waals surface area contributed by atoms with E-state index in [-0.39, 0.29) is 12.5 Å². The SMILES string of the molecule is Cc1cccc(C(NC(=O)CNC(=O)CCC2CCCC2)C(=O)O)c1C. The van der Waals surface area contributed by atoms with E-state index >= 15 is 0 Å². The molecule has 2 rings (SSSR count). The molecule has 0 spiro atoms. The molecular weight excluding hydrogens is 332 g/mol. The van der Waals surface area contributed by atoms with E-state index in [4.69, 9.17) is 0 Å². The molecule has 0 saturated heterocycles. The fraction of sp³-hybridized carbons (Fsp3) is 0.550. The molecule has 0 heterocycles. The Morgan fingerprint density at radius 2 is 1.85 bits per heavy atom. The molecule has 1 aliphatic carbocycles. The zero-order valence-corrected chi connectivity index (χ0v) is 15.5. The fourth-order valence-corrected chi connectivity index (χ4v) is 3.47. The molecule has 6 nitrogen and oxygen atoms in total. The molecule has 6 heteroatoms. The highest BCUT2D eigenvalue weighted by Crippen LogP contribution is 2.28. The molecule has 0 radical (unpaired) electrons. The van der Waals surface area contributed by atoms with Crippen molar-refractivity contribution in [3.05, 3.63) is 34.9 Å². The second-order valence-electron chi connectivity index (χ2n) is 7.09. The lowest BCUT2D eigenvalue weighted by molar-refractivity contribution is -0.142. The third-order valence-corrected chi connectivity index (χ3v) is 5.21. The summed E-state index contributed by atoms with van der Waals surface area (Å²) < 4.78 is 0. The summed E-state index contributed by atoms with van der Waals surface area (Å²) in [6.45, 7) is 3.51. The van der Waals surface area contributed by atoms with Crippen molar-refractivity contribution in [2.45, 2.75) is 58.4 Å². The summed E-state index contributed by atoms with van der Waals surface area (Å²) in [5.74, 6) is -1.17. The van der Waals surface area contributed by atoms with E-state index < -0.39 is 17.9 Å². The van der Waals surface area contributed by atoms with Crippen LogP contribution in [0.2, 0.25) is 0 Å². The Kier molecular flexibility index (Phi) is 7.18. The molecular formula is C20H28N2O4. The molecule has 3 N–H and O–H groups in total. The lowest BCUT2D eigenvalue weighted by atomic mass is 9.97. The van der Waals surface area contributed by atoms with Gasteiger partial charge in [0.05, 0.1) is 6.54 Å². The van der Waals surface area contributed by atoms with E-state index in [2.05, 4.69) is 10.6 Å². The predicted octanol–water partition coefficient (Wildman–Crippen LogP) is 2.63. The number of hydrogen-bond acceptors (Lipinski definition) is 3. The van der Waals surface area contributed by atoms with Crippen molar-refractivity contribution in [1.29, 1.82) is 0 Å². The van der Waals surface area contributed by atoms with Gasteiger partial charge in [-0.1, -0.05) is 43.9 Å². The standard InChI is InChI=1S/C20H28N2O4/c1-13-6-5-9-16(14(13)2)19(20(25)26)22-18(24)12-21-17(23)11-10-15-7-3-4-8-15/h5-6,9,15,19H,3-4,7-8,10-12H2,1-2H3,(H,21,23)(H,22,24)(H,25,26). The summed E-state index contributed by atoms with van der Waals surface area (Å²) in [5, 5.41) is 14.6. The summed E-state index contributed by atoms with van der Waals surface area (Å²) in [6.07, 6.45) is 6.12. The van der Waals surface area contributed by atoms with Crippen LogP contribution < -0.4 is 10.6 Å². The third kappa shape index (κ3) is 5.58. The number of rotatable bonds is 8. The topological polar surface area (TPSA) is 95.5 Å². The van der Waals surface area contributed by atoms with Crippen LogP contribution in [0.4, 0.5) is 0 Å². The van der Waals surface area contributed by atoms with E-state index in [0.29, 0.717) is 17.9 Å². The first-order valence-electron chi connectivity index (χ1n) is 9.23. The molecule has 1 unspecified atom stereocenters. The Hall–Kier alpha value is -2.37. The van der Waals surface area contributed by atoms with Gasteiger partial charge < -0.3 is 15.7 Å². The van der Waals surface area contributed by atoms with Gasteiger partial charge in [-0.05, 0) is 42.9 Å². The van der Waals surface area contributed by atoms with Crippen molar-refractivity contribution in [2.75, 3.05) is 6.54 Å². The Morgan fingerprint density at radius 3 is 2.50 bits per heavy atom. The normalized spacial score (nSPS) is 15.5. The van der Waals surface area contributed by atoms with Gasteiger partial charge in [-0.3, -0.25) is 9.59 Å². The number of benzene rings is 1. The van der Waals surface area contributed by atoms with Gasteiger partial charge in [0.2, 0.25) is 11.8 Å². The van der Waals surface area contributed by atoms with Gasteiger partial charge in [0, 0.05) is 6.42 Å². The maximum atomic E-state index is 12.1. The largest absolute Gasteiger partial charge is 0.479 e. The number of aliphatic carboxylic acids is 1. The minimum absolute atomic E-state index is 0.161. The first kappa shape index (κ1) is 19.9. The lowest BCUT2D eigenvalue weighted by Crippen LogP contribution is -2.41. The zero-order chi connectivity index (χ0) is 19.1. The first-order valence-corrected chi connectivity index (χ1v) is 9.23. The third-order valence-electron chi connectivity index (χ3n) is 5.21. The average molecular weight is 360 g/mol. The number of nitrogens with one attached hydrogen (secondary N) is 2. The summed E-state index contributed by atoms with van der Waals surface area (Å²) in [6, 6.07) is 4.23. The number of aryl methyl sites for hydroxylation is 1. The molecule has 1 aromatic rings. The van der Waals surface area contributed by atoms with Gasteiger partial charge in [0.25, 0.3) is 0 Å². The van der Waals surface area contributed by atoms with Crippen LogP contribution in [-0.2, 0) is 14.4 Å². The van der Waals surface area contributed by atoms with Gasteiger partial charge in [-0.25, -0.2) is 4.79 Å². The second-order valence-corrected chi connectivity index (χ2v) is 7.09. The van der Waals surface area contributed by atoms with Gasteiger partial charge in [-0.2, -0.15) is 0 Å². The minimum Gasteiger partial charge on any atom is -0.479 e. The molecule has 1 fully saturated rings. The summed E-state index contributed by atoms with van der Waals surface area (Å²) in [5.41, 5.74) is 2.35. The average Bonchev–Trinajstić information content (AvgIpc) is 3.12. The fourth-order valence-electron chi connectivity index (χ4n) is 3.47. The van der Waals surface area contributed by atoms with Gasteiger partial charge in [0.15, 0.2) is 6.04 Å². The van der Waals surface area contributed by atoms with Crippen molar-refractivity contribution >= 4 is 17.8 Å². The Morgan fingerprint density at radius 1 is 1.15 bits per heavy atom. The number of carboxylic acid groups (broad SMARTS) is 1. The summed E-state index contributed by atoms with van der Waals surface area (Å²) in [4.78, 5) is 35.6. The molecule has 142 valence electrons. The molecule has 0 aliphatic heterocycles. The van der Waals surface area contributed by atoms with Crippen molar-refractivity contribution in [1.82, 2.24) is 10.6 Å². The Labute approximate surface area is 154 Å². The monoisotopic (exact) mass is 360 g/mol. The van der Waals surface area contributed by atoms with Crippen LogP contribution in [0.1, 0.15) is 61.3 Å². The van der Waals surface area contributed by atoms with Crippen LogP contribution >= 0.6 is 0 Å². The highest BCUT2D eigenvalue weighted by molar-refractivity contribution is 5.88. The molecule has 26 heavy (non-hydrogen) atoms. The minimum atomic E-state index is -1.13. The van der Waals surface area contributed by atoms with Crippen LogP contribution in [0, 0.1) is 19.8 Å². The van der Waals surface area contributed by atoms with Gasteiger partial charge in [0.1, 0.15) is 0 Å². The van der Waals surface area contributed by atoms with E-state index in [1.807, 2.05) is 19.9 Å². The molecule has 0 aromatic heterocycles. The van der Waals surface area contributed by atoms with Crippen LogP contribution in [0.25, 0.3) is 0 Å². The predicted molar refractivity (Wildman–Crippen MR) is 98.6 cm³/mol. The molecule has 1 saturated carbocycles. The van der Waals surface area contributed by atoms with Crippen molar-refractivity contribution in [3.8, 4) is 0 Å². The van der Waals surface area contributed by atoms with Crippen LogP contribution in [0.15, 0.2) is 18.2 Å². The molecule has 0 bridgehead atoms. The number of carbonyl (C=O) groups excluding carboxylic acids is 2. The summed E-state index contributed by atoms with van der Waals surface area (Å²) in [7, 11) is 0. The smallest absolute Gasteiger partial charge is 0.330 e. The second kappa shape index (κ2) is 9.36. The van der Waals surface area contributed by atoms with E-state index in [0.717, 1.165) is 17.5 Å². The van der Waals surface area contributed by atoms with Gasteiger partial charge in [-0.15, -0.1) is 0 Å². The Balaban J connectivity index is 1.84. The van der Waals surface area contributed by atoms with Gasteiger partial charge >= 0.3 is 5.97 Å². The molecule has 1 atom stereocenters. The zero-order valence-electron chi connectivity index (χ0n) is 15.5. The molecule has 1 aromatic carbocycles. The van der Waals surface area contributed by atoms with E-state index in [1.54, 1.807) is 12.1 Å². The van der Waals surface area contributed by atoms with Crippen molar-refractivity contribution < 1.29 is 19.5 Å². The Bertz CT molecular complexity index is 666. The first-order chi connectivity index (χ1) is 12.4. The highest BCUT2D eigenvalue weighted by Gasteiger charge is 2.24. The molecule has 2 amide bonds. The van der Waals surface area contributed by atoms with Crippen molar-refractivity contribution in [3.63, 3.8) is 0 Å². The maximum absolute atomic E-state index is 12.1. The maximum Gasteiger partial charge on any atom is 0.330 e.